The Morgan fingerprint density at radius 1 is 1.56 bits per heavy atom. The van der Waals surface area contributed by atoms with Gasteiger partial charge in [0, 0.05) is 18.5 Å². The van der Waals surface area contributed by atoms with Crippen LogP contribution in [0.4, 0.5) is 11.5 Å². The molecule has 1 aliphatic rings. The molecule has 0 bridgehead atoms. The number of piperidine rings is 1. The number of anilines is 2. The van der Waals surface area contributed by atoms with Crippen molar-refractivity contribution in [1.82, 2.24) is 9.71 Å². The summed E-state index contributed by atoms with van der Waals surface area (Å²) >= 11 is 0.297. The van der Waals surface area contributed by atoms with Gasteiger partial charge in [0.25, 0.3) is 5.91 Å². The van der Waals surface area contributed by atoms with E-state index in [1.165, 1.54) is 11.3 Å². The molecule has 0 spiro atoms. The first kappa shape index (κ1) is 20.2. The van der Waals surface area contributed by atoms with E-state index in [-0.39, 0.29) is 6.04 Å². The summed E-state index contributed by atoms with van der Waals surface area (Å²) in [5, 5.41) is 11.3. The number of rotatable bonds is 6. The van der Waals surface area contributed by atoms with E-state index in [2.05, 4.69) is 11.6 Å². The van der Waals surface area contributed by atoms with Crippen molar-refractivity contribution < 1.29 is 14.5 Å². The summed E-state index contributed by atoms with van der Waals surface area (Å²) < 4.78 is 12.5. The third kappa shape index (κ3) is 4.14. The van der Waals surface area contributed by atoms with Crippen molar-refractivity contribution in [2.45, 2.75) is 38.3 Å². The molecule has 8 nitrogen and oxygen atoms in total. The molecule has 2 aromatic heterocycles. The van der Waals surface area contributed by atoms with Crippen molar-refractivity contribution in [2.24, 2.45) is 5.73 Å². The van der Waals surface area contributed by atoms with Crippen LogP contribution in [0.3, 0.4) is 0 Å². The number of aliphatic hydroxyl groups is 1. The molecule has 3 atom stereocenters. The molecule has 3 rings (SSSR count). The fraction of sp³-hybridized carbons (Fsp3) is 0.529. The van der Waals surface area contributed by atoms with Gasteiger partial charge in [-0.05, 0) is 24.5 Å². The number of primary amides is 1. The van der Waals surface area contributed by atoms with Crippen molar-refractivity contribution in [3.05, 3.63) is 16.5 Å². The lowest BCUT2D eigenvalue weighted by molar-refractivity contribution is 0.100. The zero-order valence-corrected chi connectivity index (χ0v) is 17.1. The van der Waals surface area contributed by atoms with E-state index in [0.717, 1.165) is 29.6 Å². The average molecular weight is 413 g/mol. The van der Waals surface area contributed by atoms with Gasteiger partial charge in [0.15, 0.2) is 6.26 Å². The molecule has 27 heavy (non-hydrogen) atoms. The first-order valence-electron chi connectivity index (χ1n) is 8.87. The Bertz CT molecular complexity index is 842. The van der Waals surface area contributed by atoms with E-state index in [1.54, 1.807) is 6.26 Å². The number of aromatic nitrogens is 1. The summed E-state index contributed by atoms with van der Waals surface area (Å²) in [5.74, 6) is 0.223. The van der Waals surface area contributed by atoms with Gasteiger partial charge in [0.1, 0.15) is 15.5 Å². The molecule has 0 aliphatic carbocycles. The molecule has 0 saturated carbocycles. The number of pyridine rings is 1. The van der Waals surface area contributed by atoms with Crippen molar-refractivity contribution in [3.63, 3.8) is 0 Å². The number of carbonyl (C=O) groups is 1. The van der Waals surface area contributed by atoms with Crippen LogP contribution in [-0.2, 0) is 17.8 Å². The molecule has 1 saturated heterocycles. The lowest BCUT2D eigenvalue weighted by atomic mass is 10.0. The number of nitrogen functional groups attached to an aromatic ring is 1. The van der Waals surface area contributed by atoms with Gasteiger partial charge in [0.2, 0.25) is 11.4 Å². The van der Waals surface area contributed by atoms with Gasteiger partial charge >= 0.3 is 0 Å². The van der Waals surface area contributed by atoms with Crippen LogP contribution < -0.4 is 21.1 Å². The fourth-order valence-electron chi connectivity index (χ4n) is 3.49. The summed E-state index contributed by atoms with van der Waals surface area (Å²) in [7, 11) is 0. The van der Waals surface area contributed by atoms with E-state index in [0.29, 0.717) is 34.9 Å². The Morgan fingerprint density at radius 2 is 2.30 bits per heavy atom. The van der Waals surface area contributed by atoms with Crippen molar-refractivity contribution in [2.75, 3.05) is 30.0 Å². The zero-order valence-electron chi connectivity index (χ0n) is 15.4. The van der Waals surface area contributed by atoms with E-state index in [4.69, 9.17) is 16.5 Å². The minimum Gasteiger partial charge on any atom is -0.397 e. The third-order valence-corrected chi connectivity index (χ3v) is 6.50. The van der Waals surface area contributed by atoms with Gasteiger partial charge in [-0.25, -0.2) is 4.98 Å². The number of hydrogen-bond donors (Lipinski definition) is 5. The molecular weight excluding hydrogens is 386 g/mol. The van der Waals surface area contributed by atoms with Crippen LogP contribution in [0.5, 0.6) is 0 Å². The number of aliphatic hydroxyl groups excluding tert-OH is 1. The van der Waals surface area contributed by atoms with Gasteiger partial charge in [0.05, 0.1) is 17.8 Å². The Hall–Kier alpha value is -1.59. The summed E-state index contributed by atoms with van der Waals surface area (Å²) in [4.78, 5) is 19.4. The van der Waals surface area contributed by atoms with Gasteiger partial charge < -0.3 is 21.5 Å². The summed E-state index contributed by atoms with van der Waals surface area (Å²) in [5.41, 5.74) is 13.1. The molecular formula is C17H26N5O3S2+. The lowest BCUT2D eigenvalue weighted by Gasteiger charge is -2.35. The Balaban J connectivity index is 1.94. The molecule has 1 fully saturated rings. The first-order chi connectivity index (χ1) is 12.8. The van der Waals surface area contributed by atoms with Crippen LogP contribution in [0.25, 0.3) is 10.2 Å². The minimum absolute atomic E-state index is 0.141. The predicted octanol–water partition coefficient (Wildman–Crippen LogP) is 1.10. The molecule has 2 unspecified atom stereocenters. The van der Waals surface area contributed by atoms with Gasteiger partial charge in [-0.1, -0.05) is 13.3 Å². The standard InChI is InChI=1S/C17H25N5O3S2/c1-3-4-9-7-12(20-17-13(9)14(18)15(26-17)16(19)24)22-6-5-10(11(23)8-22)21-27(2)25/h7,10-11,21,23,25H,3-6,8H2,1-2H3,(H3-,18,19,24)/p+1/t10?,11-,27?/m0/s1. The summed E-state index contributed by atoms with van der Waals surface area (Å²) in [6.45, 7) is 3.21. The quantitative estimate of drug-likeness (QED) is 0.448. The molecule has 0 aromatic carbocycles. The molecule has 1 amide bonds. The monoisotopic (exact) mass is 412 g/mol. The van der Waals surface area contributed by atoms with Gasteiger partial charge in [-0.3, -0.25) is 4.79 Å². The van der Waals surface area contributed by atoms with E-state index >= 15 is 0 Å². The summed E-state index contributed by atoms with van der Waals surface area (Å²) in [6.07, 6.45) is 3.51. The molecule has 2 aromatic rings. The smallest absolute Gasteiger partial charge is 0.260 e. The predicted molar refractivity (Wildman–Crippen MR) is 112 cm³/mol. The second-order valence-electron chi connectivity index (χ2n) is 6.78. The third-order valence-electron chi connectivity index (χ3n) is 4.74. The number of nitrogens with one attached hydrogen (secondary N) is 1. The second kappa shape index (κ2) is 8.19. The van der Waals surface area contributed by atoms with E-state index in [1.807, 2.05) is 11.0 Å². The molecule has 0 radical (unpaired) electrons. The maximum Gasteiger partial charge on any atom is 0.260 e. The topological polar surface area (TPSA) is 138 Å². The molecule has 1 aliphatic heterocycles. The van der Waals surface area contributed by atoms with Crippen LogP contribution in [0, 0.1) is 0 Å². The molecule has 10 heteroatoms. The second-order valence-corrected chi connectivity index (χ2v) is 8.97. The number of nitrogens with two attached hydrogens (primary N) is 2. The van der Waals surface area contributed by atoms with Crippen molar-refractivity contribution >= 4 is 50.3 Å². The molecule has 3 heterocycles. The maximum atomic E-state index is 11.7. The summed E-state index contributed by atoms with van der Waals surface area (Å²) in [6, 6.07) is 1.86. The largest absolute Gasteiger partial charge is 0.397 e. The number of nitrogens with zero attached hydrogens (tertiary/aromatic N) is 2. The normalized spacial score (nSPS) is 21.6. The number of thiophene rings is 1. The van der Waals surface area contributed by atoms with E-state index < -0.39 is 23.4 Å². The average Bonchev–Trinajstić information content (AvgIpc) is 2.94. The first-order valence-corrected chi connectivity index (χ1v) is 11.3. The SMILES string of the molecule is CCCc1cc(N2CCC(N[S+](C)O)[C@@H](O)C2)nc2sc(C(N)=O)c(N)c12. The molecule has 7 N–H and O–H groups in total. The highest BCUT2D eigenvalue weighted by Gasteiger charge is 2.32. The number of carbonyl (C=O) groups excluding carboxylic acids is 1. The van der Waals surface area contributed by atoms with Crippen LogP contribution in [0.15, 0.2) is 6.07 Å². The number of hydrogen-bond acceptors (Lipinski definition) is 8. The minimum atomic E-state index is -0.919. The van der Waals surface area contributed by atoms with Crippen LogP contribution >= 0.6 is 11.3 Å². The van der Waals surface area contributed by atoms with E-state index in [9.17, 15) is 14.5 Å². The van der Waals surface area contributed by atoms with Gasteiger partial charge in [-0.2, -0.15) is 4.55 Å². The van der Waals surface area contributed by atoms with Crippen LogP contribution in [-0.4, -0.2) is 52.0 Å². The molecule has 148 valence electrons. The Morgan fingerprint density at radius 3 is 2.89 bits per heavy atom. The highest BCUT2D eigenvalue weighted by atomic mass is 32.2. The number of fused-ring (bicyclic) bond motifs is 1. The fourth-order valence-corrected chi connectivity index (χ4v) is 5.19. The Labute approximate surface area is 165 Å². The van der Waals surface area contributed by atoms with Crippen molar-refractivity contribution in [3.8, 4) is 0 Å². The number of amides is 1. The maximum absolute atomic E-state index is 11.7. The Kier molecular flexibility index (Phi) is 6.11. The lowest BCUT2D eigenvalue weighted by Crippen LogP contribution is -2.54. The highest BCUT2D eigenvalue weighted by Crippen LogP contribution is 2.37. The van der Waals surface area contributed by atoms with Crippen LogP contribution in [0.1, 0.15) is 35.0 Å². The zero-order chi connectivity index (χ0) is 19.7. The van der Waals surface area contributed by atoms with Crippen LogP contribution in [0.2, 0.25) is 0 Å². The highest BCUT2D eigenvalue weighted by molar-refractivity contribution is 7.88. The van der Waals surface area contributed by atoms with Crippen molar-refractivity contribution in [1.29, 1.82) is 0 Å². The van der Waals surface area contributed by atoms with Gasteiger partial charge in [-0.15, -0.1) is 16.1 Å². The number of aryl methyl sites for hydroxylation is 1. The number of β-amino-alcohol motifs (C(OH)–C–C–N with tert-alkyl or cyclic N) is 1.